The molecule has 0 aliphatic carbocycles. The van der Waals surface area contributed by atoms with Crippen molar-refractivity contribution in [3.63, 3.8) is 0 Å². The van der Waals surface area contributed by atoms with Crippen molar-refractivity contribution < 1.29 is 77.8 Å². The number of nitrogens with zero attached hydrogens (tertiary/aromatic N) is 2. The number of oxime groups is 2. The Balaban J connectivity index is 1.91. The Bertz CT molecular complexity index is 2920. The van der Waals surface area contributed by atoms with E-state index < -0.39 is 133 Å². The minimum Gasteiger partial charge on any atom is -0.481 e. The lowest BCUT2D eigenvalue weighted by molar-refractivity contribution is -0.142. The van der Waals surface area contributed by atoms with E-state index in [0.717, 1.165) is 59.0 Å². The predicted octanol–water partition coefficient (Wildman–Crippen LogP) is 4.51. The van der Waals surface area contributed by atoms with Crippen LogP contribution >= 0.6 is 33.3 Å². The Labute approximate surface area is 605 Å². The number of fused-ring (bicyclic) bond motifs is 5. The fourth-order valence-corrected chi connectivity index (χ4v) is 14.6. The number of carboxylic acid groups (broad SMARTS) is 1. The molecular weight excluding hydrogens is 1360 g/mol. The van der Waals surface area contributed by atoms with Crippen LogP contribution in [0.1, 0.15) is 176 Å². The summed E-state index contributed by atoms with van der Waals surface area (Å²) in [5, 5.41) is 68.5. The molecule has 7 amide bonds. The van der Waals surface area contributed by atoms with Crippen LogP contribution < -0.4 is 53.6 Å². The summed E-state index contributed by atoms with van der Waals surface area (Å²) >= 11 is 1.00. The number of nitrogens with two attached hydrogens (primary N) is 1. The number of rotatable bonds is 36. The van der Waals surface area contributed by atoms with Gasteiger partial charge >= 0.3 is 5.97 Å². The van der Waals surface area contributed by atoms with E-state index in [-0.39, 0.29) is 135 Å². The first-order valence-electron chi connectivity index (χ1n) is 35.0. The molecule has 0 spiro atoms. The molecule has 2 aliphatic heterocycles. The SMILES string of the molecule is CCOCCCC(=O)[C@@H]1CSCC(=O)N[C@@H](CCCCNC(=O)CCCC(=O)NCCC(CCCC(C)(C)/C(C)=N\O)CCNC(C)(C)/C(C)=N\O)C(=O)N[C@H]2CSSC[C@H](NC(=O)[C@H](CC(=O)O)CC(=O)CNC(=O)[C@H](CCCNC(=N)N)CC2=O)C(=O)C[C@@H](Cc2ccccc2)C(=O)N1. The summed E-state index contributed by atoms with van der Waals surface area (Å²) in [5.41, 5.74) is 6.53. The maximum Gasteiger partial charge on any atom is 0.304 e. The number of carboxylic acids is 1. The molecule has 0 saturated carbocycles. The Kier molecular flexibility index (Phi) is 41.8. The van der Waals surface area contributed by atoms with E-state index in [1.165, 1.54) is 0 Å². The van der Waals surface area contributed by atoms with Gasteiger partial charge < -0.3 is 73.8 Å². The van der Waals surface area contributed by atoms with Crippen LogP contribution in [-0.2, 0) is 68.7 Å². The molecule has 2 bridgehead atoms. The number of nitrogens with one attached hydrogen (secondary N) is 10. The first kappa shape index (κ1) is 88.1. The molecule has 32 heteroatoms. The number of ether oxygens (including phenoxy) is 1. The summed E-state index contributed by atoms with van der Waals surface area (Å²) in [6.45, 7) is 14.6. The highest BCUT2D eigenvalue weighted by molar-refractivity contribution is 8.76. The molecule has 29 nitrogen and oxygen atoms in total. The first-order chi connectivity index (χ1) is 48.0. The molecule has 15 N–H and O–H groups in total. The number of Topliss-reactive ketones (excluding diaryl/α,β-unsaturated/α-hetero) is 4. The maximum absolute atomic E-state index is 14.7. The molecule has 0 radical (unpaired) electrons. The van der Waals surface area contributed by atoms with Gasteiger partial charge in [-0.2, -0.15) is 0 Å². The Hall–Kier alpha value is -7.16. The van der Waals surface area contributed by atoms with Crippen molar-refractivity contribution in [2.24, 2.45) is 45.1 Å². The minimum absolute atomic E-state index is 0.000778. The van der Waals surface area contributed by atoms with Crippen molar-refractivity contribution in [3.05, 3.63) is 35.9 Å². The van der Waals surface area contributed by atoms with Gasteiger partial charge in [-0.05, 0) is 123 Å². The van der Waals surface area contributed by atoms with Crippen LogP contribution in [0.3, 0.4) is 0 Å². The quantitative estimate of drug-likeness (QED) is 0.0110. The normalized spacial score (nSPS) is 21.5. The molecule has 8 atom stereocenters. The third-order valence-electron chi connectivity index (χ3n) is 18.1. The Morgan fingerprint density at radius 3 is 1.92 bits per heavy atom. The van der Waals surface area contributed by atoms with Gasteiger partial charge in [-0.3, -0.25) is 62.9 Å². The number of amides is 7. The largest absolute Gasteiger partial charge is 0.481 e. The highest BCUT2D eigenvalue weighted by Gasteiger charge is 2.36. The predicted molar refractivity (Wildman–Crippen MR) is 391 cm³/mol. The van der Waals surface area contributed by atoms with E-state index in [1.54, 1.807) is 51.1 Å². The molecule has 101 heavy (non-hydrogen) atoms. The molecule has 1 aromatic carbocycles. The number of guanidine groups is 1. The standard InChI is InChI=1S/C69H111N13O16S3/c1-8-98-33-17-23-56(84)53-40-99-43-61(89)77-52(22-12-13-29-72-59(87)24-14-25-60(88)73-31-26-46(20-15-28-68(4,5)44(2)81-96)27-32-76-69(6,7)45(3)82-97)66(95)80-55-42-101-100-41-54(58(86)37-49(64(93)78-53)34-47-18-10-9-11-19-47)79-65(94)50(38-62(90)91)35-51(83)39-75-63(92)48(36-57(55)85)21-16-30-74-67(70)71/h9-11,18-19,46,48-50,52-55,76,96-97H,8,12-17,20-43H2,1-7H3,(H,72,87)(H,73,88)(H,75,92)(H,77,89)(H,78,93)(H,79,94)(H,80,95)(H,90,91)(H4,70,71,74)/b81-44-,82-45-/t46?,48-,49-,50+,52+,53+,54+,55+/m1/s1. The van der Waals surface area contributed by atoms with E-state index in [2.05, 4.69) is 58.2 Å². The van der Waals surface area contributed by atoms with Crippen LogP contribution in [0, 0.1) is 34.5 Å². The lowest BCUT2D eigenvalue weighted by Gasteiger charge is -2.28. The van der Waals surface area contributed by atoms with E-state index in [4.69, 9.17) is 15.9 Å². The van der Waals surface area contributed by atoms with Gasteiger partial charge in [0.05, 0.1) is 59.7 Å². The maximum atomic E-state index is 14.7. The zero-order valence-corrected chi connectivity index (χ0v) is 62.2. The van der Waals surface area contributed by atoms with Gasteiger partial charge in [0.15, 0.2) is 29.1 Å². The van der Waals surface area contributed by atoms with E-state index in [0.29, 0.717) is 55.9 Å². The van der Waals surface area contributed by atoms with Crippen LogP contribution in [0.4, 0.5) is 0 Å². The summed E-state index contributed by atoms with van der Waals surface area (Å²) in [6, 6.07) is 3.55. The molecule has 2 saturated heterocycles. The molecule has 1 aromatic rings. The average molecular weight is 1470 g/mol. The third kappa shape index (κ3) is 36.0. The van der Waals surface area contributed by atoms with E-state index in [1.807, 2.05) is 27.7 Å². The van der Waals surface area contributed by atoms with Gasteiger partial charge in [0, 0.05) is 106 Å². The summed E-state index contributed by atoms with van der Waals surface area (Å²) in [5.74, 6) is -12.8. The molecule has 0 aromatic heterocycles. The Morgan fingerprint density at radius 1 is 0.673 bits per heavy atom. The summed E-state index contributed by atoms with van der Waals surface area (Å²) in [6.07, 6.45) is 3.16. The van der Waals surface area contributed by atoms with E-state index in [9.17, 15) is 73.1 Å². The van der Waals surface area contributed by atoms with Gasteiger partial charge in [-0.15, -0.1) is 11.8 Å². The molecular formula is C69H111N13O16S3. The van der Waals surface area contributed by atoms with Crippen molar-refractivity contribution in [2.75, 3.05) is 68.9 Å². The van der Waals surface area contributed by atoms with Crippen molar-refractivity contribution in [1.29, 1.82) is 5.41 Å². The highest BCUT2D eigenvalue weighted by Crippen LogP contribution is 2.30. The van der Waals surface area contributed by atoms with Gasteiger partial charge in [-0.25, -0.2) is 0 Å². The second-order valence-corrected chi connectivity index (χ2v) is 30.6. The lowest BCUT2D eigenvalue weighted by atomic mass is 9.81. The molecule has 3 rings (SSSR count). The van der Waals surface area contributed by atoms with Gasteiger partial charge in [-0.1, -0.05) is 88.9 Å². The topological polar surface area (TPSA) is 458 Å². The number of carbonyl (C=O) groups excluding carboxylic acids is 11. The fourth-order valence-electron chi connectivity index (χ4n) is 11.3. The molecule has 2 heterocycles. The highest BCUT2D eigenvalue weighted by atomic mass is 33.1. The second kappa shape index (κ2) is 47.9. The number of aliphatic carboxylic acids is 1. The molecule has 2 fully saturated rings. The van der Waals surface area contributed by atoms with Crippen molar-refractivity contribution in [1.82, 2.24) is 47.9 Å². The van der Waals surface area contributed by atoms with Crippen LogP contribution in [0.25, 0.3) is 0 Å². The molecule has 1 unspecified atom stereocenters. The number of unbranched alkanes of at least 4 members (excludes halogenated alkanes) is 1. The van der Waals surface area contributed by atoms with Crippen LogP contribution in [0.15, 0.2) is 40.6 Å². The van der Waals surface area contributed by atoms with Gasteiger partial charge in [0.25, 0.3) is 0 Å². The van der Waals surface area contributed by atoms with Crippen molar-refractivity contribution in [2.45, 2.75) is 207 Å². The zero-order valence-electron chi connectivity index (χ0n) is 59.8. The smallest absolute Gasteiger partial charge is 0.304 e. The number of hydrogen-bond acceptors (Lipinski definition) is 22. The summed E-state index contributed by atoms with van der Waals surface area (Å²) < 4.78 is 5.47. The lowest BCUT2D eigenvalue weighted by Crippen LogP contribution is -2.53. The van der Waals surface area contributed by atoms with Crippen molar-refractivity contribution >= 4 is 121 Å². The fraction of sp³-hybridized carbons (Fsp3) is 0.696. The number of carbonyl (C=O) groups is 12. The number of ketones is 4. The van der Waals surface area contributed by atoms with Gasteiger partial charge in [0.2, 0.25) is 41.4 Å². The van der Waals surface area contributed by atoms with Crippen LogP contribution in [0.5, 0.6) is 0 Å². The summed E-state index contributed by atoms with van der Waals surface area (Å²) in [4.78, 5) is 167. The third-order valence-corrected chi connectivity index (χ3v) is 21.6. The number of thioether (sulfide) groups is 1. The van der Waals surface area contributed by atoms with Crippen LogP contribution in [0.2, 0.25) is 0 Å². The average Bonchev–Trinajstić information content (AvgIpc) is 0.907. The molecule has 566 valence electrons. The zero-order chi connectivity index (χ0) is 74.9. The van der Waals surface area contributed by atoms with Crippen molar-refractivity contribution in [3.8, 4) is 0 Å². The number of benzene rings is 1. The van der Waals surface area contributed by atoms with Gasteiger partial charge in [0.1, 0.15) is 6.04 Å². The van der Waals surface area contributed by atoms with Crippen LogP contribution in [-0.4, -0.2) is 202 Å². The van der Waals surface area contributed by atoms with E-state index >= 15 is 0 Å². The molecule has 2 aliphatic rings. The minimum atomic E-state index is -1.51. The second-order valence-electron chi connectivity index (χ2n) is 27.0. The monoisotopic (exact) mass is 1470 g/mol. The summed E-state index contributed by atoms with van der Waals surface area (Å²) in [7, 11) is 2.04. The first-order valence-corrected chi connectivity index (χ1v) is 38.6. The Morgan fingerprint density at radius 2 is 1.29 bits per heavy atom. The number of hydrogen-bond donors (Lipinski definition) is 14.